The van der Waals surface area contributed by atoms with Crippen LogP contribution in [0.2, 0.25) is 0 Å². The normalized spacial score (nSPS) is 45.4. The van der Waals surface area contributed by atoms with Crippen molar-refractivity contribution in [2.24, 2.45) is 46.3 Å². The van der Waals surface area contributed by atoms with Crippen molar-refractivity contribution in [3.05, 3.63) is 0 Å². The lowest BCUT2D eigenvalue weighted by molar-refractivity contribution is -0.218. The SMILES string of the molecule is CC(=O)O[C@@H]1CC[C@]2(C)[C@H](C1)C[C@@H](OC(C)=O)[C@@H]1[C@@H]2C[C@H](O)[C@@]2(C)[C@H]1CC[C@H]2[C@@H](C)CCC(=O)O. The van der Waals surface area contributed by atoms with E-state index in [1.54, 1.807) is 0 Å². The summed E-state index contributed by atoms with van der Waals surface area (Å²) in [7, 11) is 0. The van der Waals surface area contributed by atoms with Crippen LogP contribution in [0.3, 0.4) is 0 Å². The number of carbonyl (C=O) groups is 3. The number of esters is 2. The molecule has 0 aromatic heterocycles. The van der Waals surface area contributed by atoms with Gasteiger partial charge in [-0.2, -0.15) is 0 Å². The largest absolute Gasteiger partial charge is 0.481 e. The molecule has 2 N–H and O–H groups in total. The molecule has 4 rings (SSSR count). The molecule has 0 aromatic rings. The Bertz CT molecular complexity index is 841. The average Bonchev–Trinajstić information content (AvgIpc) is 3.11. The molecule has 4 aliphatic rings. The number of hydrogen-bond donors (Lipinski definition) is 2. The Kier molecular flexibility index (Phi) is 7.31. The average molecular weight is 493 g/mol. The van der Waals surface area contributed by atoms with Crippen LogP contribution in [-0.2, 0) is 23.9 Å². The van der Waals surface area contributed by atoms with Crippen LogP contribution in [0.1, 0.15) is 92.4 Å². The molecule has 4 aliphatic carbocycles. The van der Waals surface area contributed by atoms with Gasteiger partial charge in [0, 0.05) is 26.2 Å². The highest BCUT2D eigenvalue weighted by Gasteiger charge is 2.66. The monoisotopic (exact) mass is 492 g/mol. The molecule has 4 fully saturated rings. The second kappa shape index (κ2) is 9.68. The first kappa shape index (κ1) is 26.4. The number of ether oxygens (including phenoxy) is 2. The molecule has 0 bridgehead atoms. The fraction of sp³-hybridized carbons (Fsp3) is 0.893. The van der Waals surface area contributed by atoms with E-state index in [1.165, 1.54) is 13.8 Å². The summed E-state index contributed by atoms with van der Waals surface area (Å²) in [6.45, 7) is 9.63. The Labute approximate surface area is 209 Å². The quantitative estimate of drug-likeness (QED) is 0.522. The maximum atomic E-state index is 12.2. The molecule has 35 heavy (non-hydrogen) atoms. The zero-order valence-corrected chi connectivity index (χ0v) is 22.0. The number of rotatable bonds is 6. The van der Waals surface area contributed by atoms with E-state index in [0.29, 0.717) is 12.8 Å². The van der Waals surface area contributed by atoms with Gasteiger partial charge in [-0.25, -0.2) is 0 Å². The van der Waals surface area contributed by atoms with Gasteiger partial charge in [0.2, 0.25) is 0 Å². The summed E-state index contributed by atoms with van der Waals surface area (Å²) in [4.78, 5) is 35.0. The third-order valence-electron chi connectivity index (χ3n) is 10.9. The Balaban J connectivity index is 1.64. The van der Waals surface area contributed by atoms with Crippen LogP contribution in [0.5, 0.6) is 0 Å². The third-order valence-corrected chi connectivity index (χ3v) is 10.9. The predicted octanol–water partition coefficient (Wildman–Crippen LogP) is 4.59. The maximum Gasteiger partial charge on any atom is 0.303 e. The van der Waals surface area contributed by atoms with Gasteiger partial charge in [0.15, 0.2) is 0 Å². The Hall–Kier alpha value is -1.63. The molecule has 0 heterocycles. The number of aliphatic hydroxyl groups is 1. The fourth-order valence-corrected chi connectivity index (χ4v) is 9.32. The summed E-state index contributed by atoms with van der Waals surface area (Å²) in [6.07, 6.45) is 5.99. The smallest absolute Gasteiger partial charge is 0.303 e. The van der Waals surface area contributed by atoms with Crippen LogP contribution >= 0.6 is 0 Å². The van der Waals surface area contributed by atoms with Gasteiger partial charge in [-0.15, -0.1) is 0 Å². The van der Waals surface area contributed by atoms with Gasteiger partial charge in [0.1, 0.15) is 12.2 Å². The fourth-order valence-electron chi connectivity index (χ4n) is 9.32. The zero-order chi connectivity index (χ0) is 25.7. The third kappa shape index (κ3) is 4.62. The van der Waals surface area contributed by atoms with Crippen molar-refractivity contribution in [2.75, 3.05) is 0 Å². The van der Waals surface area contributed by atoms with Gasteiger partial charge < -0.3 is 19.7 Å². The number of aliphatic hydroxyl groups excluding tert-OH is 1. The number of aliphatic carboxylic acids is 1. The van der Waals surface area contributed by atoms with Crippen LogP contribution in [0, 0.1) is 46.3 Å². The van der Waals surface area contributed by atoms with Crippen molar-refractivity contribution in [3.8, 4) is 0 Å². The number of hydrogen-bond acceptors (Lipinski definition) is 6. The molecule has 7 heteroatoms. The highest BCUT2D eigenvalue weighted by atomic mass is 16.5. The molecular weight excluding hydrogens is 448 g/mol. The van der Waals surface area contributed by atoms with Crippen molar-refractivity contribution >= 4 is 17.9 Å². The first-order valence-electron chi connectivity index (χ1n) is 13.6. The number of carbonyl (C=O) groups excluding carboxylic acids is 2. The molecule has 11 atom stereocenters. The van der Waals surface area contributed by atoms with Crippen molar-refractivity contribution in [1.29, 1.82) is 0 Å². The van der Waals surface area contributed by atoms with E-state index >= 15 is 0 Å². The number of carboxylic acids is 1. The van der Waals surface area contributed by atoms with Crippen LogP contribution in [0.4, 0.5) is 0 Å². The molecule has 0 aromatic carbocycles. The van der Waals surface area contributed by atoms with Gasteiger partial charge >= 0.3 is 17.9 Å². The minimum absolute atomic E-state index is 0.00723. The molecule has 0 unspecified atom stereocenters. The highest BCUT2D eigenvalue weighted by Crippen LogP contribution is 2.68. The summed E-state index contributed by atoms with van der Waals surface area (Å²) in [5.41, 5.74) is -0.303. The van der Waals surface area contributed by atoms with E-state index in [0.717, 1.165) is 38.5 Å². The molecule has 0 aliphatic heterocycles. The minimum Gasteiger partial charge on any atom is -0.481 e. The topological polar surface area (TPSA) is 110 Å². The van der Waals surface area contributed by atoms with Crippen LogP contribution in [0.15, 0.2) is 0 Å². The van der Waals surface area contributed by atoms with E-state index in [9.17, 15) is 24.6 Å². The van der Waals surface area contributed by atoms with Crippen molar-refractivity contribution in [3.63, 3.8) is 0 Å². The molecule has 0 amide bonds. The Morgan fingerprint density at radius 1 is 0.971 bits per heavy atom. The van der Waals surface area contributed by atoms with E-state index in [4.69, 9.17) is 9.47 Å². The maximum absolute atomic E-state index is 12.2. The van der Waals surface area contributed by atoms with Crippen LogP contribution in [0.25, 0.3) is 0 Å². The van der Waals surface area contributed by atoms with Gasteiger partial charge in [-0.05, 0) is 91.8 Å². The zero-order valence-electron chi connectivity index (χ0n) is 22.0. The number of carboxylic acid groups (broad SMARTS) is 1. The van der Waals surface area contributed by atoms with Crippen LogP contribution in [-0.4, -0.2) is 46.4 Å². The standard InChI is InChI=1S/C28H44O7/c1-15(6-9-25(32)33)20-7-8-21-26-22(14-24(31)28(20,21)5)27(4)11-10-19(34-16(2)29)12-18(27)13-23(26)35-17(3)30/h15,18-24,26,31H,6-14H2,1-5H3,(H,32,33)/t15-,18+,19+,20-,21-,22-,23+,24-,26-,27+,28+/m0/s1. The summed E-state index contributed by atoms with van der Waals surface area (Å²) < 4.78 is 11.6. The second-order valence-electron chi connectivity index (χ2n) is 12.6. The molecule has 198 valence electrons. The van der Waals surface area contributed by atoms with Crippen molar-refractivity contribution in [1.82, 2.24) is 0 Å². The molecule has 4 saturated carbocycles. The Morgan fingerprint density at radius 2 is 1.66 bits per heavy atom. The lowest BCUT2D eigenvalue weighted by Gasteiger charge is -2.64. The summed E-state index contributed by atoms with van der Waals surface area (Å²) >= 11 is 0. The molecule has 7 nitrogen and oxygen atoms in total. The lowest BCUT2D eigenvalue weighted by Crippen LogP contribution is -2.63. The molecule has 0 radical (unpaired) electrons. The first-order valence-corrected chi connectivity index (χ1v) is 13.6. The van der Waals surface area contributed by atoms with E-state index in [1.807, 2.05) is 0 Å². The molecule has 0 spiro atoms. The second-order valence-corrected chi connectivity index (χ2v) is 12.6. The van der Waals surface area contributed by atoms with E-state index in [-0.39, 0.29) is 76.9 Å². The Morgan fingerprint density at radius 3 is 2.29 bits per heavy atom. The first-order chi connectivity index (χ1) is 16.4. The predicted molar refractivity (Wildman–Crippen MR) is 129 cm³/mol. The van der Waals surface area contributed by atoms with E-state index in [2.05, 4.69) is 20.8 Å². The summed E-state index contributed by atoms with van der Waals surface area (Å²) in [5, 5.41) is 20.9. The summed E-state index contributed by atoms with van der Waals surface area (Å²) in [6, 6.07) is 0. The molecule has 0 saturated heterocycles. The number of fused-ring (bicyclic) bond motifs is 5. The van der Waals surface area contributed by atoms with Crippen LogP contribution < -0.4 is 0 Å². The minimum atomic E-state index is -0.772. The van der Waals surface area contributed by atoms with Gasteiger partial charge in [0.25, 0.3) is 0 Å². The van der Waals surface area contributed by atoms with E-state index < -0.39 is 12.1 Å². The highest BCUT2D eigenvalue weighted by molar-refractivity contribution is 5.67. The summed E-state index contributed by atoms with van der Waals surface area (Å²) in [5.74, 6) is 0.128. The van der Waals surface area contributed by atoms with Gasteiger partial charge in [0.05, 0.1) is 6.10 Å². The van der Waals surface area contributed by atoms with Gasteiger partial charge in [-0.1, -0.05) is 20.8 Å². The lowest BCUT2D eigenvalue weighted by atomic mass is 9.43. The van der Waals surface area contributed by atoms with Crippen molar-refractivity contribution < 1.29 is 34.1 Å². The molecular formula is C28H44O7. The van der Waals surface area contributed by atoms with Crippen molar-refractivity contribution in [2.45, 2.75) is 111 Å². The van der Waals surface area contributed by atoms with Gasteiger partial charge in [-0.3, -0.25) is 14.4 Å².